The first-order chi connectivity index (χ1) is 7.22. The van der Waals surface area contributed by atoms with Crippen LogP contribution in [0.5, 0.6) is 0 Å². The first-order valence-electron chi connectivity index (χ1n) is 4.92. The van der Waals surface area contributed by atoms with Crippen molar-refractivity contribution in [2.75, 3.05) is 0 Å². The summed E-state index contributed by atoms with van der Waals surface area (Å²) in [5.74, 6) is -0.396. The van der Waals surface area contributed by atoms with Gasteiger partial charge >= 0.3 is 5.76 Å². The van der Waals surface area contributed by atoms with Crippen molar-refractivity contribution in [2.24, 2.45) is 5.73 Å². The number of rotatable bonds is 3. The molecule has 5 nitrogen and oxygen atoms in total. The Morgan fingerprint density at radius 1 is 1.67 bits per heavy atom. The molecular formula is C10H13N3O2. The van der Waals surface area contributed by atoms with Gasteiger partial charge in [-0.1, -0.05) is 6.92 Å². The number of fused-ring (bicyclic) bond motifs is 1. The summed E-state index contributed by atoms with van der Waals surface area (Å²) < 4.78 is 6.51. The monoisotopic (exact) mass is 207 g/mol. The standard InChI is InChI=1S/C10H13N3O2/c1-2-7(11)6-13-9-8(15-10(13)14)4-3-5-12-9/h3-5,7H,2,6,11H2,1H3. The quantitative estimate of drug-likeness (QED) is 0.805. The van der Waals surface area contributed by atoms with Gasteiger partial charge in [-0.05, 0) is 18.6 Å². The normalized spacial score (nSPS) is 13.2. The average molecular weight is 207 g/mol. The summed E-state index contributed by atoms with van der Waals surface area (Å²) in [6.45, 7) is 2.42. The van der Waals surface area contributed by atoms with Crippen LogP contribution in [0.1, 0.15) is 13.3 Å². The van der Waals surface area contributed by atoms with E-state index in [1.165, 1.54) is 4.57 Å². The molecule has 0 aliphatic carbocycles. The highest BCUT2D eigenvalue weighted by molar-refractivity contribution is 5.67. The van der Waals surface area contributed by atoms with E-state index in [2.05, 4.69) is 4.98 Å². The van der Waals surface area contributed by atoms with E-state index >= 15 is 0 Å². The van der Waals surface area contributed by atoms with Crippen molar-refractivity contribution in [2.45, 2.75) is 25.9 Å². The van der Waals surface area contributed by atoms with Crippen LogP contribution in [0.3, 0.4) is 0 Å². The predicted molar refractivity (Wildman–Crippen MR) is 56.5 cm³/mol. The molecule has 2 N–H and O–H groups in total. The molecule has 0 aromatic carbocycles. The summed E-state index contributed by atoms with van der Waals surface area (Å²) in [6, 6.07) is 3.40. The van der Waals surface area contributed by atoms with E-state index in [0.29, 0.717) is 17.8 Å². The third kappa shape index (κ3) is 1.78. The van der Waals surface area contributed by atoms with Gasteiger partial charge in [-0.2, -0.15) is 0 Å². The lowest BCUT2D eigenvalue weighted by atomic mass is 10.2. The number of aromatic nitrogens is 2. The van der Waals surface area contributed by atoms with Crippen molar-refractivity contribution in [1.82, 2.24) is 9.55 Å². The molecule has 0 radical (unpaired) electrons. The Kier molecular flexibility index (Phi) is 2.55. The van der Waals surface area contributed by atoms with Gasteiger partial charge in [-0.3, -0.25) is 4.57 Å². The summed E-state index contributed by atoms with van der Waals surface area (Å²) in [6.07, 6.45) is 2.44. The van der Waals surface area contributed by atoms with E-state index in [-0.39, 0.29) is 6.04 Å². The third-order valence-corrected chi connectivity index (χ3v) is 2.37. The Hall–Kier alpha value is -1.62. The maximum atomic E-state index is 11.5. The molecule has 0 saturated heterocycles. The molecule has 0 bridgehead atoms. The molecule has 1 atom stereocenters. The van der Waals surface area contributed by atoms with Gasteiger partial charge < -0.3 is 10.2 Å². The van der Waals surface area contributed by atoms with Crippen LogP contribution in [-0.4, -0.2) is 15.6 Å². The molecule has 2 aromatic heterocycles. The van der Waals surface area contributed by atoms with Gasteiger partial charge in [0, 0.05) is 18.8 Å². The van der Waals surface area contributed by atoms with Crippen molar-refractivity contribution < 1.29 is 4.42 Å². The molecule has 80 valence electrons. The second-order valence-corrected chi connectivity index (χ2v) is 3.47. The van der Waals surface area contributed by atoms with Crippen LogP contribution >= 0.6 is 0 Å². The van der Waals surface area contributed by atoms with Gasteiger partial charge in [0.15, 0.2) is 11.2 Å². The van der Waals surface area contributed by atoms with Gasteiger partial charge in [-0.25, -0.2) is 9.78 Å². The van der Waals surface area contributed by atoms with Crippen LogP contribution in [0.25, 0.3) is 11.2 Å². The first-order valence-corrected chi connectivity index (χ1v) is 4.92. The van der Waals surface area contributed by atoms with Crippen LogP contribution in [-0.2, 0) is 6.54 Å². The molecule has 2 rings (SSSR count). The highest BCUT2D eigenvalue weighted by Crippen LogP contribution is 2.08. The summed E-state index contributed by atoms with van der Waals surface area (Å²) in [5, 5.41) is 0. The second kappa shape index (κ2) is 3.86. The smallest absolute Gasteiger partial charge is 0.406 e. The van der Waals surface area contributed by atoms with Crippen LogP contribution in [0.15, 0.2) is 27.5 Å². The third-order valence-electron chi connectivity index (χ3n) is 2.37. The molecule has 5 heteroatoms. The zero-order valence-corrected chi connectivity index (χ0v) is 8.51. The minimum atomic E-state index is -0.396. The van der Waals surface area contributed by atoms with E-state index in [9.17, 15) is 4.79 Å². The van der Waals surface area contributed by atoms with Crippen LogP contribution in [0.2, 0.25) is 0 Å². The largest absolute Gasteiger partial charge is 0.421 e. The van der Waals surface area contributed by atoms with Crippen molar-refractivity contribution in [1.29, 1.82) is 0 Å². The van der Waals surface area contributed by atoms with Gasteiger partial charge in [0.05, 0.1) is 0 Å². The van der Waals surface area contributed by atoms with Crippen LogP contribution < -0.4 is 11.5 Å². The van der Waals surface area contributed by atoms with E-state index in [1.54, 1.807) is 18.3 Å². The van der Waals surface area contributed by atoms with E-state index in [0.717, 1.165) is 6.42 Å². The lowest BCUT2D eigenvalue weighted by Gasteiger charge is -2.07. The Balaban J connectivity index is 2.50. The zero-order chi connectivity index (χ0) is 10.8. The number of oxazole rings is 1. The Morgan fingerprint density at radius 2 is 2.47 bits per heavy atom. The number of pyridine rings is 1. The number of nitrogens with zero attached hydrogens (tertiary/aromatic N) is 2. The molecule has 0 aliphatic rings. The molecule has 0 fully saturated rings. The summed E-state index contributed by atoms with van der Waals surface area (Å²) in [5.41, 5.74) is 6.86. The molecule has 15 heavy (non-hydrogen) atoms. The maximum absolute atomic E-state index is 11.5. The number of hydrogen-bond donors (Lipinski definition) is 1. The fourth-order valence-electron chi connectivity index (χ4n) is 1.42. The Bertz CT molecular complexity index is 515. The van der Waals surface area contributed by atoms with Gasteiger partial charge in [0.2, 0.25) is 0 Å². The SMILES string of the molecule is CCC(N)Cn1c(=O)oc2cccnc21. The van der Waals surface area contributed by atoms with E-state index < -0.39 is 5.76 Å². The van der Waals surface area contributed by atoms with Gasteiger partial charge in [0.1, 0.15) is 0 Å². The molecule has 1 unspecified atom stereocenters. The molecule has 0 saturated carbocycles. The van der Waals surface area contributed by atoms with Crippen LogP contribution in [0.4, 0.5) is 0 Å². The van der Waals surface area contributed by atoms with Crippen molar-refractivity contribution in [3.8, 4) is 0 Å². The fraction of sp³-hybridized carbons (Fsp3) is 0.400. The van der Waals surface area contributed by atoms with E-state index in [1.807, 2.05) is 6.92 Å². The number of hydrogen-bond acceptors (Lipinski definition) is 4. The number of nitrogens with two attached hydrogens (primary N) is 1. The minimum absolute atomic E-state index is 0.0505. The minimum Gasteiger partial charge on any atom is -0.406 e. The lowest BCUT2D eigenvalue weighted by molar-refractivity contribution is 0.468. The molecular weight excluding hydrogens is 194 g/mol. The maximum Gasteiger partial charge on any atom is 0.421 e. The summed E-state index contributed by atoms with van der Waals surface area (Å²) in [7, 11) is 0. The van der Waals surface area contributed by atoms with E-state index in [4.69, 9.17) is 10.2 Å². The lowest BCUT2D eigenvalue weighted by Crippen LogP contribution is -2.29. The molecule has 0 spiro atoms. The summed E-state index contributed by atoms with van der Waals surface area (Å²) >= 11 is 0. The fourth-order valence-corrected chi connectivity index (χ4v) is 1.42. The van der Waals surface area contributed by atoms with Crippen molar-refractivity contribution in [3.63, 3.8) is 0 Å². The average Bonchev–Trinajstić information content (AvgIpc) is 2.55. The molecule has 2 aromatic rings. The van der Waals surface area contributed by atoms with Gasteiger partial charge in [0.25, 0.3) is 0 Å². The highest BCUT2D eigenvalue weighted by Gasteiger charge is 2.11. The zero-order valence-electron chi connectivity index (χ0n) is 8.51. The highest BCUT2D eigenvalue weighted by atomic mass is 16.4. The Morgan fingerprint density at radius 3 is 3.20 bits per heavy atom. The summed E-state index contributed by atoms with van der Waals surface area (Å²) in [4.78, 5) is 15.6. The van der Waals surface area contributed by atoms with Crippen molar-refractivity contribution >= 4 is 11.2 Å². The predicted octanol–water partition coefficient (Wildman–Crippen LogP) is 0.727. The van der Waals surface area contributed by atoms with Gasteiger partial charge in [-0.15, -0.1) is 0 Å². The topological polar surface area (TPSA) is 74.0 Å². The molecule has 2 heterocycles. The molecule has 0 amide bonds. The molecule has 0 aliphatic heterocycles. The Labute approximate surface area is 86.5 Å². The second-order valence-electron chi connectivity index (χ2n) is 3.47. The van der Waals surface area contributed by atoms with Crippen LogP contribution in [0, 0.1) is 0 Å². The van der Waals surface area contributed by atoms with Crippen molar-refractivity contribution in [3.05, 3.63) is 28.9 Å². The first kappa shape index (κ1) is 9.92.